The maximum atomic E-state index is 12.2. The summed E-state index contributed by atoms with van der Waals surface area (Å²) < 4.78 is 0. The van der Waals surface area contributed by atoms with E-state index >= 15 is 0 Å². The fraction of sp³-hybridized carbons (Fsp3) is 0.267. The van der Waals surface area contributed by atoms with E-state index in [4.69, 9.17) is 18.8 Å². The first-order valence-corrected chi connectivity index (χ1v) is 11.7. The van der Waals surface area contributed by atoms with E-state index in [1.165, 1.54) is 0 Å². The Hall–Kier alpha value is -0.362. The van der Waals surface area contributed by atoms with Gasteiger partial charge in [-0.05, 0) is 31.3 Å². The molecule has 0 N–H and O–H groups in total. The molecule has 1 aromatic carbocycles. The van der Waals surface area contributed by atoms with E-state index in [1.807, 2.05) is 30.3 Å². The van der Waals surface area contributed by atoms with Gasteiger partial charge in [0.2, 0.25) is 0 Å². The molecule has 0 atom stereocenters. The third-order valence-electron chi connectivity index (χ3n) is 2.80. The molecule has 1 aliphatic rings. The fourth-order valence-corrected chi connectivity index (χ4v) is 1.91. The minimum atomic E-state index is -0.472. The summed E-state index contributed by atoms with van der Waals surface area (Å²) in [5.41, 5.74) is 1.77. The Labute approximate surface area is 131 Å². The van der Waals surface area contributed by atoms with Crippen LogP contribution in [0.4, 0.5) is 0 Å². The van der Waals surface area contributed by atoms with Crippen LogP contribution in [0.5, 0.6) is 0 Å². The Kier molecular flexibility index (Phi) is 9.16. The summed E-state index contributed by atoms with van der Waals surface area (Å²) in [5.74, 6) is 0.191. The average Bonchev–Trinajstić information content (AvgIpc) is 2.40. The Morgan fingerprint density at radius 1 is 1.00 bits per heavy atom. The van der Waals surface area contributed by atoms with Crippen LogP contribution in [-0.4, -0.2) is 5.78 Å². The number of hydrogen-bond donors (Lipinski definition) is 0. The Balaban J connectivity index is 0.000000550. The molecule has 19 heavy (non-hydrogen) atoms. The zero-order valence-electron chi connectivity index (χ0n) is 10.4. The van der Waals surface area contributed by atoms with Gasteiger partial charge in [-0.15, -0.1) is 0 Å². The van der Waals surface area contributed by atoms with E-state index < -0.39 is 16.5 Å². The van der Waals surface area contributed by atoms with Crippen molar-refractivity contribution in [2.75, 3.05) is 0 Å². The molecule has 0 unspecified atom stereocenters. The van der Waals surface area contributed by atoms with Crippen molar-refractivity contribution < 1.29 is 21.3 Å². The average molecular weight is 478 g/mol. The first kappa shape index (κ1) is 16.7. The van der Waals surface area contributed by atoms with Gasteiger partial charge in [-0.3, -0.25) is 4.79 Å². The van der Waals surface area contributed by atoms with Crippen molar-refractivity contribution in [2.24, 2.45) is 0 Å². The van der Waals surface area contributed by atoms with Gasteiger partial charge in [-0.1, -0.05) is 48.6 Å². The van der Waals surface area contributed by atoms with Crippen LogP contribution in [0.1, 0.15) is 36.0 Å². The molecule has 0 fully saturated rings. The number of carbonyl (C=O) groups excluding carboxylic acids is 1. The van der Waals surface area contributed by atoms with E-state index in [-0.39, 0.29) is 5.78 Å². The van der Waals surface area contributed by atoms with Crippen molar-refractivity contribution in [2.45, 2.75) is 25.7 Å². The summed E-state index contributed by atoms with van der Waals surface area (Å²) in [4.78, 5) is 12.2. The van der Waals surface area contributed by atoms with Crippen molar-refractivity contribution in [1.82, 2.24) is 0 Å². The van der Waals surface area contributed by atoms with Crippen molar-refractivity contribution in [3.05, 3.63) is 59.7 Å². The molecule has 0 spiro atoms. The molecule has 4 heteroatoms. The van der Waals surface area contributed by atoms with E-state index in [1.54, 1.807) is 0 Å². The van der Waals surface area contributed by atoms with Gasteiger partial charge in [0.25, 0.3) is 0 Å². The monoisotopic (exact) mass is 477 g/mol. The molecule has 0 bridgehead atoms. The molecule has 1 nitrogen and oxygen atoms in total. The van der Waals surface area contributed by atoms with Gasteiger partial charge in [-0.25, -0.2) is 0 Å². The number of halogens is 2. The van der Waals surface area contributed by atoms with Crippen LogP contribution in [0.2, 0.25) is 0 Å². The molecular weight excluding hydrogens is 462 g/mol. The third kappa shape index (κ3) is 6.56. The first-order valence-electron chi connectivity index (χ1n) is 6.05. The zero-order valence-corrected chi connectivity index (χ0v) is 14.2. The molecule has 0 saturated heterocycles. The van der Waals surface area contributed by atoms with Crippen LogP contribution in [0, 0.1) is 0 Å². The number of allylic oxidation sites excluding steroid dienone is 4. The van der Waals surface area contributed by atoms with Gasteiger partial charge in [0.15, 0.2) is 5.78 Å². The number of carbonyl (C=O) groups is 1. The number of benzene rings is 1. The van der Waals surface area contributed by atoms with Crippen LogP contribution in [-0.2, 0) is 16.5 Å². The maximum absolute atomic E-state index is 12.2. The van der Waals surface area contributed by atoms with Crippen LogP contribution >= 0.6 is 18.8 Å². The molecule has 1 aromatic rings. The topological polar surface area (TPSA) is 17.1 Å². The summed E-state index contributed by atoms with van der Waals surface area (Å²) >= 11 is -0.472. The van der Waals surface area contributed by atoms with Gasteiger partial charge in [-0.2, -0.15) is 0 Å². The van der Waals surface area contributed by atoms with Gasteiger partial charge < -0.3 is 0 Å². The number of Topliss-reactive ketones (excluding diaryl/α,β-unsaturated/α-hetero) is 1. The van der Waals surface area contributed by atoms with Crippen LogP contribution in [0.15, 0.2) is 54.1 Å². The van der Waals surface area contributed by atoms with Crippen molar-refractivity contribution >= 4 is 24.6 Å². The number of hydrogen-bond acceptors (Lipinski definition) is 1. The van der Waals surface area contributed by atoms with Crippen LogP contribution < -0.4 is 0 Å². The molecule has 0 aliphatic heterocycles. The second kappa shape index (κ2) is 10.4. The molecule has 2 rings (SSSR count). The summed E-state index contributed by atoms with van der Waals surface area (Å²) in [7, 11) is 9.75. The molecule has 106 valence electrons. The summed E-state index contributed by atoms with van der Waals surface area (Å²) in [6, 6.07) is 9.54. The molecule has 0 radical (unpaired) electrons. The Morgan fingerprint density at radius 3 is 2.32 bits per heavy atom. The van der Waals surface area contributed by atoms with Crippen molar-refractivity contribution in [3.63, 3.8) is 0 Å². The molecule has 0 saturated carbocycles. The second-order valence-corrected chi connectivity index (χ2v) is 7.34. The predicted molar refractivity (Wildman–Crippen MR) is 78.2 cm³/mol. The molecule has 1 aliphatic carbocycles. The number of ketones is 1. The molecule has 0 amide bonds. The molecular formula is C15H16Cl2OPt. The Morgan fingerprint density at radius 2 is 1.63 bits per heavy atom. The molecule has 0 heterocycles. The zero-order chi connectivity index (χ0) is 13.9. The van der Waals surface area contributed by atoms with Gasteiger partial charge in [0, 0.05) is 5.56 Å². The summed E-state index contributed by atoms with van der Waals surface area (Å²) in [6.45, 7) is 0. The van der Waals surface area contributed by atoms with Crippen LogP contribution in [0.25, 0.3) is 0 Å². The normalized spacial score (nSPS) is 19.2. The summed E-state index contributed by atoms with van der Waals surface area (Å²) in [5, 5.41) is 0. The van der Waals surface area contributed by atoms with E-state index in [2.05, 4.69) is 18.2 Å². The SMILES string of the molecule is O=C(/C1=C/CC/C=C\CC1)c1ccccc1.[Cl][Pt][Cl]. The molecule has 0 aromatic heterocycles. The quantitative estimate of drug-likeness (QED) is 0.417. The van der Waals surface area contributed by atoms with Gasteiger partial charge in [0.05, 0.1) is 0 Å². The summed E-state index contributed by atoms with van der Waals surface area (Å²) in [6.07, 6.45) is 10.3. The second-order valence-electron chi connectivity index (χ2n) is 4.06. The number of rotatable bonds is 2. The van der Waals surface area contributed by atoms with Crippen molar-refractivity contribution in [1.29, 1.82) is 0 Å². The fourth-order valence-electron chi connectivity index (χ4n) is 1.91. The Bertz CT molecular complexity index is 441. The van der Waals surface area contributed by atoms with Crippen LogP contribution in [0.3, 0.4) is 0 Å². The van der Waals surface area contributed by atoms with Gasteiger partial charge >= 0.3 is 35.3 Å². The third-order valence-corrected chi connectivity index (χ3v) is 2.80. The van der Waals surface area contributed by atoms with E-state index in [0.717, 1.165) is 36.8 Å². The minimum absolute atomic E-state index is 0.191. The van der Waals surface area contributed by atoms with Gasteiger partial charge in [0.1, 0.15) is 0 Å². The van der Waals surface area contributed by atoms with Crippen molar-refractivity contribution in [3.8, 4) is 0 Å². The van der Waals surface area contributed by atoms with E-state index in [9.17, 15) is 4.79 Å². The predicted octanol–water partition coefficient (Wildman–Crippen LogP) is 5.30. The standard InChI is InChI=1S/C15H16O.2ClH.Pt/c16-15(14-11-7-4-8-12-14)13-9-5-2-1-3-6-10-13;;;/h1-2,4,7-8,10-12H,3,5-6,9H2;2*1H;/q;;;+2/p-2/b2-1-,13-10+;;;. The first-order chi connectivity index (χ1) is 9.29. The van der Waals surface area contributed by atoms with E-state index in [0.29, 0.717) is 0 Å².